The number of amides is 3. The highest BCUT2D eigenvalue weighted by Crippen LogP contribution is 2.48. The Balaban J connectivity index is 1.34. The van der Waals surface area contributed by atoms with Gasteiger partial charge < -0.3 is 5.11 Å². The normalized spacial score (nSPS) is 16.5. The molecule has 2 heterocycles. The van der Waals surface area contributed by atoms with E-state index in [1.165, 1.54) is 9.80 Å². The first-order valence-electron chi connectivity index (χ1n) is 13.7. The van der Waals surface area contributed by atoms with E-state index in [1.54, 1.807) is 36.4 Å². The number of carbonyl (C=O) groups excluding carboxylic acids is 3. The highest BCUT2D eigenvalue weighted by Gasteiger charge is 2.37. The molecule has 6 nitrogen and oxygen atoms in total. The van der Waals surface area contributed by atoms with Crippen molar-refractivity contribution in [2.75, 3.05) is 9.80 Å². The van der Waals surface area contributed by atoms with Crippen molar-refractivity contribution in [2.45, 2.75) is 6.23 Å². The van der Waals surface area contributed by atoms with E-state index in [2.05, 4.69) is 0 Å². The number of rotatable bonds is 2. The average Bonchev–Trinajstić information content (AvgIpc) is 3.03. The molecule has 0 saturated heterocycles. The highest BCUT2D eigenvalue weighted by atomic mass is 16.3. The number of anilines is 2. The summed E-state index contributed by atoms with van der Waals surface area (Å²) in [6, 6.07) is 33.3. The molecule has 0 saturated carbocycles. The second kappa shape index (κ2) is 8.00. The Morgan fingerprint density at radius 3 is 1.45 bits per heavy atom. The van der Waals surface area contributed by atoms with Crippen LogP contribution in [-0.2, 0) is 0 Å². The lowest BCUT2D eigenvalue weighted by Crippen LogP contribution is -2.40. The number of imide groups is 1. The second-order valence-corrected chi connectivity index (χ2v) is 10.9. The maximum absolute atomic E-state index is 13.8. The van der Waals surface area contributed by atoms with Crippen molar-refractivity contribution in [3.63, 3.8) is 0 Å². The van der Waals surface area contributed by atoms with Gasteiger partial charge in [-0.2, -0.15) is 0 Å². The number of hydrogen-bond donors (Lipinski definition) is 1. The molecule has 0 spiro atoms. The fourth-order valence-corrected chi connectivity index (χ4v) is 7.04. The molecular weight excluding hydrogens is 524 g/mol. The zero-order chi connectivity index (χ0) is 28.3. The molecule has 6 heteroatoms. The zero-order valence-corrected chi connectivity index (χ0v) is 22.0. The van der Waals surface area contributed by atoms with Gasteiger partial charge in [-0.1, -0.05) is 66.7 Å². The number of nitrogens with zero attached hydrogens (tertiary/aromatic N) is 2. The molecule has 2 aliphatic heterocycles. The maximum atomic E-state index is 13.8. The van der Waals surface area contributed by atoms with E-state index in [9.17, 15) is 19.5 Å². The highest BCUT2D eigenvalue weighted by molar-refractivity contribution is 6.43. The summed E-state index contributed by atoms with van der Waals surface area (Å²) >= 11 is 0. The first kappa shape index (κ1) is 23.1. The Morgan fingerprint density at radius 1 is 0.452 bits per heavy atom. The molecule has 9 rings (SSSR count). The predicted molar refractivity (Wildman–Crippen MR) is 163 cm³/mol. The van der Waals surface area contributed by atoms with Gasteiger partial charge in [0.1, 0.15) is 0 Å². The molecule has 0 radical (unpaired) electrons. The summed E-state index contributed by atoms with van der Waals surface area (Å²) in [7, 11) is 0. The lowest BCUT2D eigenvalue weighted by Gasteiger charge is -2.34. The van der Waals surface area contributed by atoms with Gasteiger partial charge in [-0.3, -0.25) is 19.3 Å². The van der Waals surface area contributed by atoms with Crippen LogP contribution < -0.4 is 9.80 Å². The van der Waals surface area contributed by atoms with Gasteiger partial charge >= 0.3 is 0 Å². The van der Waals surface area contributed by atoms with Crippen molar-refractivity contribution in [3.8, 4) is 0 Å². The van der Waals surface area contributed by atoms with E-state index in [1.807, 2.05) is 72.8 Å². The summed E-state index contributed by atoms with van der Waals surface area (Å²) < 4.78 is 0. The van der Waals surface area contributed by atoms with Crippen molar-refractivity contribution in [1.29, 1.82) is 0 Å². The van der Waals surface area contributed by atoms with Crippen molar-refractivity contribution in [3.05, 3.63) is 131 Å². The molecule has 42 heavy (non-hydrogen) atoms. The molecule has 0 aromatic heterocycles. The number of aliphatic hydroxyl groups is 1. The Hall–Kier alpha value is -5.59. The standard InChI is InChI=1S/C36H20N2O4/c39-33-25-15-11-21-23-13-17-27-32-28(36(42)38(35(27)41)20-9-5-2-6-10-20)18-14-24(30(23)32)22-12-16-26(31(25)29(21)22)34(40)37(33)19-7-3-1-4-8-19/h1-18,33,39H. The van der Waals surface area contributed by atoms with E-state index in [4.69, 9.17) is 0 Å². The molecular formula is C36H20N2O4. The fraction of sp³-hybridized carbons (Fsp3) is 0.0278. The minimum atomic E-state index is -1.15. The lowest BCUT2D eigenvalue weighted by molar-refractivity contribution is 0.0872. The SMILES string of the molecule is O=C1c2ccc3c4ccc5c6c(ccc(c7ccc(c2c37)C(=O)N1c1ccccc1)c64)C(O)N(c1ccccc1)C5=O. The van der Waals surface area contributed by atoms with Crippen LogP contribution in [-0.4, -0.2) is 22.8 Å². The van der Waals surface area contributed by atoms with Crippen LogP contribution in [0, 0.1) is 0 Å². The van der Waals surface area contributed by atoms with E-state index >= 15 is 0 Å². The fourth-order valence-electron chi connectivity index (χ4n) is 7.04. The summed E-state index contributed by atoms with van der Waals surface area (Å²) in [6.07, 6.45) is -1.15. The molecule has 2 aliphatic rings. The summed E-state index contributed by atoms with van der Waals surface area (Å²) in [5.41, 5.74) is 3.30. The Morgan fingerprint density at radius 2 is 0.905 bits per heavy atom. The van der Waals surface area contributed by atoms with E-state index in [0.717, 1.165) is 37.7 Å². The van der Waals surface area contributed by atoms with Crippen molar-refractivity contribution >= 4 is 72.2 Å². The molecule has 3 amide bonds. The van der Waals surface area contributed by atoms with Crippen molar-refractivity contribution in [2.24, 2.45) is 0 Å². The van der Waals surface area contributed by atoms with E-state index in [0.29, 0.717) is 39.0 Å². The number of fused-ring (bicyclic) bond motifs is 2. The van der Waals surface area contributed by atoms with Crippen LogP contribution >= 0.6 is 0 Å². The first-order valence-corrected chi connectivity index (χ1v) is 13.7. The summed E-state index contributed by atoms with van der Waals surface area (Å²) in [5.74, 6) is -0.973. The van der Waals surface area contributed by atoms with Crippen LogP contribution in [0.3, 0.4) is 0 Å². The maximum Gasteiger partial charge on any atom is 0.265 e. The van der Waals surface area contributed by atoms with Gasteiger partial charge in [-0.05, 0) is 74.8 Å². The number of carbonyl (C=O) groups is 3. The van der Waals surface area contributed by atoms with E-state index in [-0.39, 0.29) is 17.7 Å². The average molecular weight is 545 g/mol. The van der Waals surface area contributed by atoms with E-state index < -0.39 is 6.23 Å². The summed E-state index contributed by atoms with van der Waals surface area (Å²) in [4.78, 5) is 44.0. The van der Waals surface area contributed by atoms with Gasteiger partial charge in [0, 0.05) is 38.7 Å². The van der Waals surface area contributed by atoms with Crippen molar-refractivity contribution in [1.82, 2.24) is 0 Å². The monoisotopic (exact) mass is 544 g/mol. The minimum Gasteiger partial charge on any atom is -0.369 e. The molecule has 7 aromatic carbocycles. The molecule has 198 valence electrons. The quantitative estimate of drug-likeness (QED) is 0.142. The predicted octanol–water partition coefficient (Wildman–Crippen LogP) is 7.19. The third-order valence-electron chi connectivity index (χ3n) is 8.82. The zero-order valence-electron chi connectivity index (χ0n) is 22.0. The van der Waals surface area contributed by atoms with Gasteiger partial charge in [-0.15, -0.1) is 0 Å². The Bertz CT molecular complexity index is 2260. The number of hydrogen-bond acceptors (Lipinski definition) is 4. The van der Waals surface area contributed by atoms with Crippen LogP contribution in [0.15, 0.2) is 109 Å². The summed E-state index contributed by atoms with van der Waals surface area (Å²) in [5, 5.41) is 18.2. The van der Waals surface area contributed by atoms with Crippen LogP contribution in [0.25, 0.3) is 43.1 Å². The van der Waals surface area contributed by atoms with Crippen LogP contribution in [0.1, 0.15) is 42.9 Å². The molecule has 0 fully saturated rings. The molecule has 1 unspecified atom stereocenters. The molecule has 0 bridgehead atoms. The second-order valence-electron chi connectivity index (χ2n) is 10.9. The Kier molecular flexibility index (Phi) is 4.41. The van der Waals surface area contributed by atoms with Gasteiger partial charge in [0.25, 0.3) is 17.7 Å². The number of benzene rings is 7. The van der Waals surface area contributed by atoms with Crippen LogP contribution in [0.2, 0.25) is 0 Å². The third-order valence-corrected chi connectivity index (χ3v) is 8.82. The summed E-state index contributed by atoms with van der Waals surface area (Å²) in [6.45, 7) is 0. The smallest absolute Gasteiger partial charge is 0.265 e. The lowest BCUT2D eigenvalue weighted by atomic mass is 9.82. The first-order chi connectivity index (χ1) is 20.5. The van der Waals surface area contributed by atoms with Crippen molar-refractivity contribution < 1.29 is 19.5 Å². The topological polar surface area (TPSA) is 77.9 Å². The number of aliphatic hydroxyl groups excluding tert-OH is 1. The molecule has 1 N–H and O–H groups in total. The largest absolute Gasteiger partial charge is 0.369 e. The molecule has 7 aromatic rings. The van der Waals surface area contributed by atoms with Gasteiger partial charge in [-0.25, -0.2) is 4.90 Å². The van der Waals surface area contributed by atoms with Gasteiger partial charge in [0.05, 0.1) is 5.69 Å². The van der Waals surface area contributed by atoms with Gasteiger partial charge in [0.2, 0.25) is 0 Å². The minimum absolute atomic E-state index is 0.266. The van der Waals surface area contributed by atoms with Crippen LogP contribution in [0.5, 0.6) is 0 Å². The van der Waals surface area contributed by atoms with Gasteiger partial charge in [0.15, 0.2) is 6.23 Å². The Labute approximate surface area is 238 Å². The third kappa shape index (κ3) is 2.74. The molecule has 0 aliphatic carbocycles. The number of para-hydroxylation sites is 2. The van der Waals surface area contributed by atoms with Crippen LogP contribution in [0.4, 0.5) is 11.4 Å². The molecule has 1 atom stereocenters.